The fourth-order valence-electron chi connectivity index (χ4n) is 5.59. The van der Waals surface area contributed by atoms with Crippen LogP contribution in [0.4, 0.5) is 13.2 Å². The summed E-state index contributed by atoms with van der Waals surface area (Å²) < 4.78 is 44.9. The molecule has 1 saturated heterocycles. The van der Waals surface area contributed by atoms with Crippen molar-refractivity contribution in [3.8, 4) is 0 Å². The number of rotatable bonds is 6. The smallest absolute Gasteiger partial charge is 0.381 e. The number of hydrogen-bond acceptors (Lipinski definition) is 3. The third-order valence-electron chi connectivity index (χ3n) is 7.45. The first-order valence-corrected chi connectivity index (χ1v) is 12.9. The molecular formula is C29H39F3N2O2. The van der Waals surface area contributed by atoms with E-state index in [2.05, 4.69) is 18.5 Å². The molecule has 4 nitrogen and oxygen atoms in total. The van der Waals surface area contributed by atoms with Crippen molar-refractivity contribution in [3.05, 3.63) is 72.4 Å². The van der Waals surface area contributed by atoms with Crippen molar-refractivity contribution in [3.63, 3.8) is 0 Å². The minimum Gasteiger partial charge on any atom is -0.381 e. The Labute approximate surface area is 213 Å². The van der Waals surface area contributed by atoms with Crippen LogP contribution in [-0.2, 0) is 28.7 Å². The van der Waals surface area contributed by atoms with Gasteiger partial charge in [-0.05, 0) is 75.1 Å². The lowest BCUT2D eigenvalue weighted by Gasteiger charge is -2.37. The number of benzene rings is 1. The van der Waals surface area contributed by atoms with Crippen molar-refractivity contribution >= 4 is 5.91 Å². The molecule has 2 heterocycles. The Kier molecular flexibility index (Phi) is 9.97. The molecular weight excluding hydrogens is 465 g/mol. The van der Waals surface area contributed by atoms with Gasteiger partial charge in [-0.3, -0.25) is 4.79 Å². The Morgan fingerprint density at radius 2 is 1.94 bits per heavy atom. The van der Waals surface area contributed by atoms with Crippen molar-refractivity contribution in [1.82, 2.24) is 10.2 Å². The van der Waals surface area contributed by atoms with E-state index in [0.29, 0.717) is 31.0 Å². The van der Waals surface area contributed by atoms with Gasteiger partial charge in [0.1, 0.15) is 0 Å². The summed E-state index contributed by atoms with van der Waals surface area (Å²) in [6, 6.07) is 4.61. The van der Waals surface area contributed by atoms with Gasteiger partial charge in [0.15, 0.2) is 0 Å². The van der Waals surface area contributed by atoms with Crippen LogP contribution in [0.3, 0.4) is 0 Å². The molecule has 1 N–H and O–H groups in total. The SMILES string of the molecule is C=C/C=C\C.C=CCC1(C(=O)N2CCc3ccc(C(F)(F)F)cc3C2)CCC(NC2CCOCC2)C1. The normalized spacial score (nSPS) is 24.7. The molecule has 0 spiro atoms. The van der Waals surface area contributed by atoms with E-state index in [1.807, 2.05) is 25.2 Å². The highest BCUT2D eigenvalue weighted by molar-refractivity contribution is 5.83. The number of ether oxygens (including phenoxy) is 1. The van der Waals surface area contributed by atoms with Gasteiger partial charge in [-0.25, -0.2) is 0 Å². The molecule has 2 fully saturated rings. The molecule has 2 unspecified atom stereocenters. The second-order valence-corrected chi connectivity index (χ2v) is 9.99. The molecule has 2 atom stereocenters. The molecule has 0 bridgehead atoms. The zero-order valence-electron chi connectivity index (χ0n) is 21.3. The predicted molar refractivity (Wildman–Crippen MR) is 137 cm³/mol. The van der Waals surface area contributed by atoms with Gasteiger partial charge in [0, 0.05) is 38.4 Å². The maximum Gasteiger partial charge on any atom is 0.416 e. The molecule has 1 aromatic carbocycles. The van der Waals surface area contributed by atoms with Crippen LogP contribution in [0.15, 0.2) is 55.7 Å². The molecule has 36 heavy (non-hydrogen) atoms. The van der Waals surface area contributed by atoms with Crippen molar-refractivity contribution < 1.29 is 22.7 Å². The molecule has 7 heteroatoms. The molecule has 4 rings (SSSR count). The van der Waals surface area contributed by atoms with E-state index in [4.69, 9.17) is 4.74 Å². The number of nitrogens with one attached hydrogen (secondary N) is 1. The van der Waals surface area contributed by atoms with E-state index < -0.39 is 17.2 Å². The van der Waals surface area contributed by atoms with Gasteiger partial charge >= 0.3 is 6.18 Å². The third kappa shape index (κ3) is 7.10. The van der Waals surface area contributed by atoms with Gasteiger partial charge in [0.05, 0.1) is 11.0 Å². The van der Waals surface area contributed by atoms with E-state index in [1.54, 1.807) is 17.0 Å². The Hall–Kier alpha value is -2.38. The van der Waals surface area contributed by atoms with Crippen LogP contribution in [0.1, 0.15) is 62.1 Å². The molecule has 0 aromatic heterocycles. The number of allylic oxidation sites excluding steroid dienone is 4. The van der Waals surface area contributed by atoms with E-state index in [0.717, 1.165) is 56.9 Å². The van der Waals surface area contributed by atoms with Crippen molar-refractivity contribution in [2.75, 3.05) is 19.8 Å². The van der Waals surface area contributed by atoms with Crippen molar-refractivity contribution in [2.45, 2.75) is 76.7 Å². The van der Waals surface area contributed by atoms with Crippen molar-refractivity contribution in [2.24, 2.45) is 5.41 Å². The lowest BCUT2D eigenvalue weighted by Crippen LogP contribution is -2.46. The maximum atomic E-state index is 13.6. The molecule has 2 aliphatic heterocycles. The number of fused-ring (bicyclic) bond motifs is 1. The van der Waals surface area contributed by atoms with Crippen molar-refractivity contribution in [1.29, 1.82) is 0 Å². The maximum absolute atomic E-state index is 13.6. The highest BCUT2D eigenvalue weighted by Crippen LogP contribution is 2.44. The average Bonchev–Trinajstić information content (AvgIpc) is 3.27. The van der Waals surface area contributed by atoms with Crippen LogP contribution in [0, 0.1) is 5.41 Å². The molecule has 1 saturated carbocycles. The Morgan fingerprint density at radius 3 is 2.56 bits per heavy atom. The van der Waals surface area contributed by atoms with Crippen LogP contribution < -0.4 is 5.32 Å². The highest BCUT2D eigenvalue weighted by atomic mass is 19.4. The number of halogens is 3. The summed E-state index contributed by atoms with van der Waals surface area (Å²) in [5, 5.41) is 3.72. The first-order chi connectivity index (χ1) is 17.2. The summed E-state index contributed by atoms with van der Waals surface area (Å²) in [6.45, 7) is 11.6. The molecule has 3 aliphatic rings. The van der Waals surface area contributed by atoms with Gasteiger partial charge in [-0.15, -0.1) is 6.58 Å². The fourth-order valence-corrected chi connectivity index (χ4v) is 5.59. The number of carbonyl (C=O) groups excluding carboxylic acids is 1. The second kappa shape index (κ2) is 12.7. The third-order valence-corrected chi connectivity index (χ3v) is 7.45. The fraction of sp³-hybridized carbons (Fsp3) is 0.552. The highest BCUT2D eigenvalue weighted by Gasteiger charge is 2.47. The first kappa shape index (κ1) is 28.2. The zero-order chi connectivity index (χ0) is 26.2. The van der Waals surface area contributed by atoms with E-state index in [-0.39, 0.29) is 18.5 Å². The zero-order valence-corrected chi connectivity index (χ0v) is 21.3. The summed E-state index contributed by atoms with van der Waals surface area (Å²) in [5.74, 6) is 0.0618. The lowest BCUT2D eigenvalue weighted by atomic mass is 9.80. The number of amides is 1. The second-order valence-electron chi connectivity index (χ2n) is 9.99. The standard InChI is InChI=1S/C24H31F3N2O2.C5H8/c1-2-9-23(10-5-21(15-23)28-20-7-12-31-13-8-20)22(30)29-11-6-17-3-4-19(24(25,26)27)14-18(17)16-29;1-3-5-4-2/h2-4,14,20-21,28H,1,5-13,15-16H2;3-5H,1H2,2H3/b;5-4-. The molecule has 0 radical (unpaired) electrons. The van der Waals surface area contributed by atoms with Gasteiger partial charge < -0.3 is 15.0 Å². The monoisotopic (exact) mass is 504 g/mol. The van der Waals surface area contributed by atoms with Gasteiger partial charge in [0.2, 0.25) is 5.91 Å². The quantitative estimate of drug-likeness (QED) is 0.369. The largest absolute Gasteiger partial charge is 0.416 e. The number of hydrogen-bond donors (Lipinski definition) is 1. The predicted octanol–water partition coefficient (Wildman–Crippen LogP) is 6.22. The van der Waals surface area contributed by atoms with Gasteiger partial charge in [-0.1, -0.05) is 36.9 Å². The summed E-state index contributed by atoms with van der Waals surface area (Å²) in [5.41, 5.74) is 0.352. The van der Waals surface area contributed by atoms with Gasteiger partial charge in [0.25, 0.3) is 0 Å². The van der Waals surface area contributed by atoms with Crippen LogP contribution in [-0.4, -0.2) is 42.6 Å². The molecule has 1 aromatic rings. The first-order valence-electron chi connectivity index (χ1n) is 12.9. The van der Waals surface area contributed by atoms with Crippen LogP contribution in [0.25, 0.3) is 0 Å². The average molecular weight is 505 g/mol. The van der Waals surface area contributed by atoms with Crippen LogP contribution >= 0.6 is 0 Å². The van der Waals surface area contributed by atoms with Crippen LogP contribution in [0.2, 0.25) is 0 Å². The Morgan fingerprint density at radius 1 is 1.19 bits per heavy atom. The summed E-state index contributed by atoms with van der Waals surface area (Å²) >= 11 is 0. The summed E-state index contributed by atoms with van der Waals surface area (Å²) in [4.78, 5) is 15.4. The molecule has 198 valence electrons. The van der Waals surface area contributed by atoms with E-state index in [1.165, 1.54) is 6.07 Å². The van der Waals surface area contributed by atoms with E-state index >= 15 is 0 Å². The number of nitrogens with zero attached hydrogens (tertiary/aromatic N) is 1. The topological polar surface area (TPSA) is 41.6 Å². The van der Waals surface area contributed by atoms with E-state index in [9.17, 15) is 18.0 Å². The Balaban J connectivity index is 0.000000658. The molecule has 1 amide bonds. The van der Waals surface area contributed by atoms with Gasteiger partial charge in [-0.2, -0.15) is 13.2 Å². The minimum absolute atomic E-state index is 0.0618. The number of carbonyl (C=O) groups is 1. The molecule has 1 aliphatic carbocycles. The lowest BCUT2D eigenvalue weighted by molar-refractivity contribution is -0.143. The number of alkyl halides is 3. The summed E-state index contributed by atoms with van der Waals surface area (Å²) in [6.07, 6.45) is 8.65. The Bertz CT molecular complexity index is 937. The minimum atomic E-state index is -4.38. The van der Waals surface area contributed by atoms with Crippen LogP contribution in [0.5, 0.6) is 0 Å². The summed E-state index contributed by atoms with van der Waals surface area (Å²) in [7, 11) is 0.